The van der Waals surface area contributed by atoms with Crippen LogP contribution in [-0.2, 0) is 0 Å². The Labute approximate surface area is 86.1 Å². The van der Waals surface area contributed by atoms with Crippen molar-refractivity contribution in [2.75, 3.05) is 5.32 Å². The number of rotatable bonds is 2. The zero-order chi connectivity index (χ0) is 10.7. The maximum atomic E-state index is 10.6. The van der Waals surface area contributed by atoms with Crippen molar-refractivity contribution in [1.29, 1.82) is 0 Å². The summed E-state index contributed by atoms with van der Waals surface area (Å²) in [5.74, 6) is 0. The number of nitro groups is 1. The molecule has 0 aromatic heterocycles. The number of nitro benzene ring substituents is 1. The Morgan fingerprint density at radius 2 is 2.29 bits per heavy atom. The quantitative estimate of drug-likeness (QED) is 0.440. The van der Waals surface area contributed by atoms with Gasteiger partial charge in [-0.15, -0.1) is 0 Å². The highest BCUT2D eigenvalue weighted by atomic mass is 32.1. The minimum absolute atomic E-state index is 0.0111. The Kier molecular flexibility index (Phi) is 2.98. The largest absolute Gasteiger partial charge is 0.376 e. The standard InChI is InChI=1S/C8H9N3O2S/c1-5-2-3-6(10-8(9)14)7(4-5)11(12)13/h2-4H,1H3,(H3,9,10,14). The van der Waals surface area contributed by atoms with Gasteiger partial charge in [-0.3, -0.25) is 10.1 Å². The molecule has 0 saturated carbocycles. The van der Waals surface area contributed by atoms with Crippen molar-refractivity contribution < 1.29 is 4.92 Å². The van der Waals surface area contributed by atoms with Crippen molar-refractivity contribution in [3.63, 3.8) is 0 Å². The molecule has 74 valence electrons. The predicted molar refractivity (Wildman–Crippen MR) is 58.2 cm³/mol. The fraction of sp³-hybridized carbons (Fsp3) is 0.125. The number of nitrogens with two attached hydrogens (primary N) is 1. The number of thiocarbonyl (C=S) groups is 1. The summed E-state index contributed by atoms with van der Waals surface area (Å²) in [5.41, 5.74) is 6.32. The first-order chi connectivity index (χ1) is 6.50. The van der Waals surface area contributed by atoms with E-state index in [0.29, 0.717) is 5.69 Å². The maximum absolute atomic E-state index is 10.6. The molecule has 6 heteroatoms. The van der Waals surface area contributed by atoms with Gasteiger partial charge in [0.25, 0.3) is 5.69 Å². The van der Waals surface area contributed by atoms with Crippen LogP contribution in [0, 0.1) is 17.0 Å². The van der Waals surface area contributed by atoms with E-state index in [0.717, 1.165) is 5.56 Å². The van der Waals surface area contributed by atoms with Crippen LogP contribution < -0.4 is 11.1 Å². The number of nitrogens with one attached hydrogen (secondary N) is 1. The summed E-state index contributed by atoms with van der Waals surface area (Å²) < 4.78 is 0. The summed E-state index contributed by atoms with van der Waals surface area (Å²) in [6, 6.07) is 4.78. The smallest absolute Gasteiger partial charge is 0.292 e. The van der Waals surface area contributed by atoms with E-state index in [9.17, 15) is 10.1 Å². The molecule has 5 nitrogen and oxygen atoms in total. The lowest BCUT2D eigenvalue weighted by molar-refractivity contribution is -0.383. The number of anilines is 1. The first-order valence-corrected chi connectivity index (χ1v) is 4.23. The minimum Gasteiger partial charge on any atom is -0.376 e. The molecule has 0 aliphatic rings. The van der Waals surface area contributed by atoms with Crippen molar-refractivity contribution in [3.8, 4) is 0 Å². The van der Waals surface area contributed by atoms with Gasteiger partial charge in [-0.25, -0.2) is 0 Å². The second-order valence-corrected chi connectivity index (χ2v) is 3.21. The number of hydrogen-bond acceptors (Lipinski definition) is 3. The topological polar surface area (TPSA) is 81.2 Å². The third-order valence-corrected chi connectivity index (χ3v) is 1.71. The molecule has 1 aromatic rings. The average molecular weight is 211 g/mol. The third-order valence-electron chi connectivity index (χ3n) is 1.61. The first kappa shape index (κ1) is 10.4. The lowest BCUT2D eigenvalue weighted by atomic mass is 10.2. The summed E-state index contributed by atoms with van der Waals surface area (Å²) in [6.07, 6.45) is 0. The monoisotopic (exact) mass is 211 g/mol. The predicted octanol–water partition coefficient (Wildman–Crippen LogP) is 1.56. The molecule has 0 spiro atoms. The van der Waals surface area contributed by atoms with Crippen molar-refractivity contribution in [2.24, 2.45) is 5.73 Å². The van der Waals surface area contributed by atoms with Crippen LogP contribution in [0.25, 0.3) is 0 Å². The Morgan fingerprint density at radius 1 is 1.64 bits per heavy atom. The normalized spacial score (nSPS) is 9.50. The third kappa shape index (κ3) is 2.40. The number of benzene rings is 1. The van der Waals surface area contributed by atoms with Crippen LogP contribution in [0.3, 0.4) is 0 Å². The molecule has 0 atom stereocenters. The van der Waals surface area contributed by atoms with Gasteiger partial charge in [0.1, 0.15) is 5.69 Å². The molecule has 3 N–H and O–H groups in total. The SMILES string of the molecule is Cc1ccc(NC(N)=S)c([N+](=O)[O-])c1. The van der Waals surface area contributed by atoms with Gasteiger partial charge in [0.15, 0.2) is 5.11 Å². The van der Waals surface area contributed by atoms with Crippen LogP contribution in [0.5, 0.6) is 0 Å². The van der Waals surface area contributed by atoms with Crippen LogP contribution in [0.2, 0.25) is 0 Å². The highest BCUT2D eigenvalue weighted by Gasteiger charge is 2.13. The van der Waals surface area contributed by atoms with Gasteiger partial charge in [0.05, 0.1) is 4.92 Å². The summed E-state index contributed by atoms with van der Waals surface area (Å²) in [6.45, 7) is 1.78. The Balaban J connectivity index is 3.14. The van der Waals surface area contributed by atoms with Crippen LogP contribution in [0.15, 0.2) is 18.2 Å². The fourth-order valence-electron chi connectivity index (χ4n) is 1.03. The molecule has 1 aromatic carbocycles. The van der Waals surface area contributed by atoms with E-state index >= 15 is 0 Å². The lowest BCUT2D eigenvalue weighted by Gasteiger charge is -2.04. The molecule has 0 heterocycles. The molecule has 14 heavy (non-hydrogen) atoms. The summed E-state index contributed by atoms with van der Waals surface area (Å²) >= 11 is 4.60. The van der Waals surface area contributed by atoms with Gasteiger partial charge < -0.3 is 11.1 Å². The number of nitrogens with zero attached hydrogens (tertiary/aromatic N) is 1. The Hall–Kier alpha value is -1.69. The van der Waals surface area contributed by atoms with Gasteiger partial charge in [-0.05, 0) is 30.8 Å². The molecule has 0 bridgehead atoms. The Bertz CT molecular complexity index is 392. The van der Waals surface area contributed by atoms with E-state index in [-0.39, 0.29) is 10.8 Å². The molecule has 0 fully saturated rings. The van der Waals surface area contributed by atoms with Crippen molar-refractivity contribution in [2.45, 2.75) is 6.92 Å². The van der Waals surface area contributed by atoms with Crippen molar-refractivity contribution in [1.82, 2.24) is 0 Å². The van der Waals surface area contributed by atoms with Gasteiger partial charge in [0.2, 0.25) is 0 Å². The van der Waals surface area contributed by atoms with E-state index in [1.807, 2.05) is 0 Å². The fourth-order valence-corrected chi connectivity index (χ4v) is 1.14. The van der Waals surface area contributed by atoms with Crippen molar-refractivity contribution >= 4 is 28.7 Å². The zero-order valence-electron chi connectivity index (χ0n) is 7.48. The van der Waals surface area contributed by atoms with Crippen LogP contribution >= 0.6 is 12.2 Å². The molecule has 0 amide bonds. The second kappa shape index (κ2) is 4.01. The molecular weight excluding hydrogens is 202 g/mol. The van der Waals surface area contributed by atoms with E-state index in [1.54, 1.807) is 19.1 Å². The van der Waals surface area contributed by atoms with E-state index in [1.165, 1.54) is 6.07 Å². The molecule has 0 radical (unpaired) electrons. The van der Waals surface area contributed by atoms with Crippen LogP contribution in [0.1, 0.15) is 5.56 Å². The maximum Gasteiger partial charge on any atom is 0.292 e. The molecule has 0 saturated heterocycles. The molecule has 0 unspecified atom stereocenters. The van der Waals surface area contributed by atoms with Crippen LogP contribution in [-0.4, -0.2) is 10.0 Å². The van der Waals surface area contributed by atoms with Gasteiger partial charge in [-0.2, -0.15) is 0 Å². The summed E-state index contributed by atoms with van der Waals surface area (Å²) in [5, 5.41) is 13.2. The molecule has 0 aliphatic heterocycles. The molecule has 0 aliphatic carbocycles. The highest BCUT2D eigenvalue weighted by molar-refractivity contribution is 7.80. The highest BCUT2D eigenvalue weighted by Crippen LogP contribution is 2.24. The van der Waals surface area contributed by atoms with E-state index in [2.05, 4.69) is 17.5 Å². The van der Waals surface area contributed by atoms with Crippen LogP contribution in [0.4, 0.5) is 11.4 Å². The summed E-state index contributed by atoms with van der Waals surface area (Å²) in [7, 11) is 0. The van der Waals surface area contributed by atoms with Gasteiger partial charge >= 0.3 is 0 Å². The summed E-state index contributed by atoms with van der Waals surface area (Å²) in [4.78, 5) is 10.2. The number of hydrogen-bond donors (Lipinski definition) is 2. The van der Waals surface area contributed by atoms with Gasteiger partial charge in [0, 0.05) is 6.07 Å². The first-order valence-electron chi connectivity index (χ1n) is 3.82. The molecule has 1 rings (SSSR count). The zero-order valence-corrected chi connectivity index (χ0v) is 8.30. The second-order valence-electron chi connectivity index (χ2n) is 2.77. The van der Waals surface area contributed by atoms with Crippen molar-refractivity contribution in [3.05, 3.63) is 33.9 Å². The minimum atomic E-state index is -0.479. The van der Waals surface area contributed by atoms with E-state index < -0.39 is 4.92 Å². The molecular formula is C8H9N3O2S. The van der Waals surface area contributed by atoms with E-state index in [4.69, 9.17) is 5.73 Å². The lowest BCUT2D eigenvalue weighted by Crippen LogP contribution is -2.19. The average Bonchev–Trinajstić information content (AvgIpc) is 2.07. The van der Waals surface area contributed by atoms with Gasteiger partial charge in [-0.1, -0.05) is 6.07 Å². The Morgan fingerprint density at radius 3 is 2.79 bits per heavy atom. The number of aryl methyl sites for hydroxylation is 1.